The van der Waals surface area contributed by atoms with Crippen molar-refractivity contribution in [1.29, 1.82) is 0 Å². The van der Waals surface area contributed by atoms with Gasteiger partial charge >= 0.3 is 0 Å². The van der Waals surface area contributed by atoms with Crippen LogP contribution < -0.4 is 0 Å². The highest BCUT2D eigenvalue weighted by Crippen LogP contribution is 2.13. The van der Waals surface area contributed by atoms with Gasteiger partial charge in [-0.15, -0.1) is 0 Å². The zero-order chi connectivity index (χ0) is 11.0. The number of rotatable bonds is 8. The molecular weight excluding hydrogens is 200 g/mol. The van der Waals surface area contributed by atoms with E-state index < -0.39 is 9.84 Å². The number of aliphatic hydroxyl groups is 1. The van der Waals surface area contributed by atoms with Gasteiger partial charge in [-0.05, 0) is 25.2 Å². The lowest BCUT2D eigenvalue weighted by Gasteiger charge is -2.12. The summed E-state index contributed by atoms with van der Waals surface area (Å²) in [4.78, 5) is 0. The molecule has 0 aliphatic carbocycles. The molecule has 14 heavy (non-hydrogen) atoms. The van der Waals surface area contributed by atoms with Crippen LogP contribution >= 0.6 is 0 Å². The van der Waals surface area contributed by atoms with Crippen LogP contribution in [0, 0.1) is 5.92 Å². The Balaban J connectivity index is 3.71. The molecule has 1 unspecified atom stereocenters. The summed E-state index contributed by atoms with van der Waals surface area (Å²) in [6, 6.07) is 0. The quantitative estimate of drug-likeness (QED) is 0.679. The summed E-state index contributed by atoms with van der Waals surface area (Å²) >= 11 is 0. The van der Waals surface area contributed by atoms with Gasteiger partial charge in [0.05, 0.1) is 5.75 Å². The van der Waals surface area contributed by atoms with Gasteiger partial charge in [-0.2, -0.15) is 0 Å². The van der Waals surface area contributed by atoms with E-state index in [9.17, 15) is 8.42 Å². The van der Waals surface area contributed by atoms with Crippen LogP contribution in [-0.4, -0.2) is 31.6 Å². The van der Waals surface area contributed by atoms with Gasteiger partial charge in [-0.1, -0.05) is 20.3 Å². The van der Waals surface area contributed by atoms with Crippen LogP contribution in [0.1, 0.15) is 39.5 Å². The number of sulfone groups is 1. The highest BCUT2D eigenvalue weighted by Gasteiger charge is 2.10. The Morgan fingerprint density at radius 3 is 2.29 bits per heavy atom. The molecule has 86 valence electrons. The Hall–Kier alpha value is -0.0900. The van der Waals surface area contributed by atoms with Crippen molar-refractivity contribution in [2.75, 3.05) is 18.1 Å². The fourth-order valence-electron chi connectivity index (χ4n) is 1.47. The summed E-state index contributed by atoms with van der Waals surface area (Å²) in [5, 5.41) is 8.99. The summed E-state index contributed by atoms with van der Waals surface area (Å²) in [5.74, 6) is 0.779. The van der Waals surface area contributed by atoms with Crippen LogP contribution in [0.4, 0.5) is 0 Å². The Labute approximate surface area is 87.4 Å². The Morgan fingerprint density at radius 1 is 1.21 bits per heavy atom. The lowest BCUT2D eigenvalue weighted by Crippen LogP contribution is -2.12. The first-order valence-corrected chi connectivity index (χ1v) is 7.19. The van der Waals surface area contributed by atoms with E-state index >= 15 is 0 Å². The highest BCUT2D eigenvalue weighted by atomic mass is 32.2. The smallest absolute Gasteiger partial charge is 0.150 e. The molecule has 4 heteroatoms. The predicted molar refractivity (Wildman–Crippen MR) is 59.0 cm³/mol. The molecule has 1 N–H and O–H groups in total. The molecule has 0 saturated carbocycles. The molecule has 0 aromatic rings. The molecule has 0 aromatic carbocycles. The van der Waals surface area contributed by atoms with Crippen molar-refractivity contribution >= 4 is 9.84 Å². The monoisotopic (exact) mass is 222 g/mol. The van der Waals surface area contributed by atoms with Crippen LogP contribution in [0.2, 0.25) is 0 Å². The maximum atomic E-state index is 11.2. The van der Waals surface area contributed by atoms with Gasteiger partial charge in [0.25, 0.3) is 0 Å². The van der Waals surface area contributed by atoms with E-state index in [2.05, 4.69) is 6.92 Å². The third-order valence-electron chi connectivity index (χ3n) is 2.46. The van der Waals surface area contributed by atoms with Crippen LogP contribution in [0.3, 0.4) is 0 Å². The third kappa shape index (κ3) is 6.38. The second-order valence-electron chi connectivity index (χ2n) is 3.72. The van der Waals surface area contributed by atoms with Crippen molar-refractivity contribution in [2.24, 2.45) is 5.92 Å². The molecule has 0 spiro atoms. The van der Waals surface area contributed by atoms with E-state index in [1.807, 2.05) is 0 Å². The fourth-order valence-corrected chi connectivity index (χ4v) is 2.37. The first-order valence-electron chi connectivity index (χ1n) is 5.37. The van der Waals surface area contributed by atoms with Crippen LogP contribution in [0.5, 0.6) is 0 Å². The number of hydrogen-bond donors (Lipinski definition) is 1. The topological polar surface area (TPSA) is 54.4 Å². The average Bonchev–Trinajstić information content (AvgIpc) is 2.16. The third-order valence-corrected chi connectivity index (χ3v) is 4.25. The molecule has 3 nitrogen and oxygen atoms in total. The fraction of sp³-hybridized carbons (Fsp3) is 1.00. The van der Waals surface area contributed by atoms with Crippen LogP contribution in [0.25, 0.3) is 0 Å². The molecule has 0 heterocycles. The SMILES string of the molecule is CCCC(CO)CCCS(=O)(=O)CC. The predicted octanol–water partition coefficient (Wildman–Crippen LogP) is 1.61. The lowest BCUT2D eigenvalue weighted by molar-refractivity contribution is 0.209. The molecular formula is C10H22O3S. The molecule has 0 rings (SSSR count). The maximum absolute atomic E-state index is 11.2. The molecule has 1 atom stereocenters. The maximum Gasteiger partial charge on any atom is 0.150 e. The normalized spacial score (nSPS) is 14.2. The number of hydrogen-bond acceptors (Lipinski definition) is 3. The van der Waals surface area contributed by atoms with Gasteiger partial charge in [0.15, 0.2) is 0 Å². The van der Waals surface area contributed by atoms with E-state index in [-0.39, 0.29) is 24.0 Å². The van der Waals surface area contributed by atoms with Crippen LogP contribution in [0.15, 0.2) is 0 Å². The summed E-state index contributed by atoms with van der Waals surface area (Å²) in [7, 11) is -2.82. The van der Waals surface area contributed by atoms with E-state index in [1.165, 1.54) is 0 Å². The molecule has 0 fully saturated rings. The average molecular weight is 222 g/mol. The standard InChI is InChI=1S/C10H22O3S/c1-3-6-10(9-11)7-5-8-14(12,13)4-2/h10-11H,3-9H2,1-2H3. The van der Waals surface area contributed by atoms with E-state index in [1.54, 1.807) is 6.92 Å². The first kappa shape index (κ1) is 13.9. The summed E-state index contributed by atoms with van der Waals surface area (Å²) in [6.07, 6.45) is 3.54. The largest absolute Gasteiger partial charge is 0.396 e. The summed E-state index contributed by atoms with van der Waals surface area (Å²) < 4.78 is 22.3. The minimum absolute atomic E-state index is 0.181. The Bertz CT molecular complexity index is 222. The van der Waals surface area contributed by atoms with Gasteiger partial charge in [0.2, 0.25) is 0 Å². The summed E-state index contributed by atoms with van der Waals surface area (Å²) in [5.41, 5.74) is 0. The van der Waals surface area contributed by atoms with Crippen molar-refractivity contribution in [3.63, 3.8) is 0 Å². The molecule has 0 amide bonds. The van der Waals surface area contributed by atoms with Crippen LogP contribution in [-0.2, 0) is 9.84 Å². The minimum Gasteiger partial charge on any atom is -0.396 e. The molecule has 0 aliphatic heterocycles. The molecule has 0 saturated heterocycles. The van der Waals surface area contributed by atoms with Crippen molar-refractivity contribution < 1.29 is 13.5 Å². The van der Waals surface area contributed by atoms with Crippen molar-refractivity contribution in [1.82, 2.24) is 0 Å². The molecule has 0 bridgehead atoms. The second kappa shape index (κ2) is 7.23. The lowest BCUT2D eigenvalue weighted by atomic mass is 10.00. The van der Waals surface area contributed by atoms with Gasteiger partial charge in [-0.3, -0.25) is 0 Å². The number of aliphatic hydroxyl groups excluding tert-OH is 1. The Kier molecular flexibility index (Phi) is 7.19. The van der Waals surface area contributed by atoms with E-state index in [0.717, 1.165) is 19.3 Å². The van der Waals surface area contributed by atoms with Gasteiger partial charge in [0, 0.05) is 12.4 Å². The first-order chi connectivity index (χ1) is 6.55. The second-order valence-corrected chi connectivity index (χ2v) is 6.19. The summed E-state index contributed by atoms with van der Waals surface area (Å²) in [6.45, 7) is 3.93. The minimum atomic E-state index is -2.82. The molecule has 0 aromatic heterocycles. The molecule has 0 aliphatic rings. The Morgan fingerprint density at radius 2 is 1.86 bits per heavy atom. The van der Waals surface area contributed by atoms with Crippen molar-refractivity contribution in [3.8, 4) is 0 Å². The van der Waals surface area contributed by atoms with Gasteiger partial charge in [-0.25, -0.2) is 8.42 Å². The van der Waals surface area contributed by atoms with Crippen molar-refractivity contribution in [3.05, 3.63) is 0 Å². The zero-order valence-electron chi connectivity index (χ0n) is 9.20. The van der Waals surface area contributed by atoms with Gasteiger partial charge in [0.1, 0.15) is 9.84 Å². The van der Waals surface area contributed by atoms with E-state index in [0.29, 0.717) is 6.42 Å². The zero-order valence-corrected chi connectivity index (χ0v) is 10.0. The van der Waals surface area contributed by atoms with Gasteiger partial charge < -0.3 is 5.11 Å². The van der Waals surface area contributed by atoms with E-state index in [4.69, 9.17) is 5.11 Å². The molecule has 0 radical (unpaired) electrons. The van der Waals surface area contributed by atoms with Crippen molar-refractivity contribution in [2.45, 2.75) is 39.5 Å². The highest BCUT2D eigenvalue weighted by molar-refractivity contribution is 7.91.